The third-order valence-corrected chi connectivity index (χ3v) is 0.732. The first-order chi connectivity index (χ1) is 3.18. The van der Waals surface area contributed by atoms with E-state index in [1.54, 1.807) is 13.8 Å². The van der Waals surface area contributed by atoms with Crippen molar-refractivity contribution in [2.24, 2.45) is 11.6 Å². The third-order valence-electron chi connectivity index (χ3n) is 0.732. The lowest BCUT2D eigenvalue weighted by molar-refractivity contribution is 0.218. The van der Waals surface area contributed by atoms with Crippen LogP contribution in [-0.2, 0) is 4.84 Å². The minimum absolute atomic E-state index is 0.569. The van der Waals surface area contributed by atoms with Crippen molar-refractivity contribution in [3.8, 4) is 0 Å². The zero-order valence-electron chi connectivity index (χ0n) is 4.56. The summed E-state index contributed by atoms with van der Waals surface area (Å²) in [5, 5.41) is 0. The van der Waals surface area contributed by atoms with Crippen LogP contribution in [0.3, 0.4) is 0 Å². The smallest absolute Gasteiger partial charge is 0.139 e. The summed E-state index contributed by atoms with van der Waals surface area (Å²) in [6.45, 7) is 3.43. The molecule has 0 aliphatic rings. The van der Waals surface area contributed by atoms with E-state index in [1.165, 1.54) is 0 Å². The molecule has 0 amide bonds. The first-order valence-corrected chi connectivity index (χ1v) is 1.98. The second-order valence-electron chi connectivity index (χ2n) is 1.36. The average Bonchev–Trinajstić information content (AvgIpc) is 1.65. The van der Waals surface area contributed by atoms with Gasteiger partial charge in [0.05, 0.1) is 0 Å². The lowest BCUT2D eigenvalue weighted by atomic mass is 10.4. The minimum atomic E-state index is 0.569. The van der Waals surface area contributed by atoms with Crippen LogP contribution in [0.5, 0.6) is 0 Å². The molecule has 4 N–H and O–H groups in total. The Morgan fingerprint density at radius 1 is 1.43 bits per heavy atom. The topological polar surface area (TPSA) is 61.3 Å². The Morgan fingerprint density at radius 2 is 1.86 bits per heavy atom. The molecule has 0 fully saturated rings. The van der Waals surface area contributed by atoms with Crippen molar-refractivity contribution in [3.63, 3.8) is 0 Å². The summed E-state index contributed by atoms with van der Waals surface area (Å²) in [6, 6.07) is 0. The van der Waals surface area contributed by atoms with Gasteiger partial charge in [0.2, 0.25) is 0 Å². The molecule has 0 aliphatic carbocycles. The van der Waals surface area contributed by atoms with Crippen molar-refractivity contribution in [2.45, 2.75) is 13.8 Å². The molecule has 3 nitrogen and oxygen atoms in total. The number of hydrogen-bond acceptors (Lipinski definition) is 3. The molecule has 0 saturated carbocycles. The van der Waals surface area contributed by atoms with Gasteiger partial charge in [-0.3, -0.25) is 0 Å². The molecule has 0 rings (SSSR count). The predicted octanol–water partition coefficient (Wildman–Crippen LogP) is 0.0868. The normalized spacial score (nSPS) is 13.0. The number of nitrogens with two attached hydrogens (primary N) is 2. The maximum Gasteiger partial charge on any atom is 0.139 e. The van der Waals surface area contributed by atoms with Gasteiger partial charge in [0, 0.05) is 5.70 Å². The fourth-order valence-corrected chi connectivity index (χ4v) is 0.0929. The van der Waals surface area contributed by atoms with Gasteiger partial charge in [0.25, 0.3) is 0 Å². The number of hydrogen-bond donors (Lipinski definition) is 2. The molecule has 0 radical (unpaired) electrons. The summed E-state index contributed by atoms with van der Waals surface area (Å²) in [4.78, 5) is 4.27. The predicted molar refractivity (Wildman–Crippen MR) is 27.8 cm³/mol. The van der Waals surface area contributed by atoms with Gasteiger partial charge in [-0.2, -0.15) is 5.90 Å². The Kier molecular flexibility index (Phi) is 2.22. The monoisotopic (exact) mass is 102 g/mol. The Labute approximate surface area is 42.9 Å². The Hall–Kier alpha value is -0.700. The standard InChI is InChI=1S/C4H10N2O/c1-3(5)4(2)7-6/h5-6H2,1-2H3/b4-3-. The zero-order valence-corrected chi connectivity index (χ0v) is 4.56. The summed E-state index contributed by atoms with van der Waals surface area (Å²) < 4.78 is 0. The summed E-state index contributed by atoms with van der Waals surface area (Å²) in [5.41, 5.74) is 5.83. The summed E-state index contributed by atoms with van der Waals surface area (Å²) in [5.74, 6) is 5.30. The highest BCUT2D eigenvalue weighted by Gasteiger charge is 1.85. The molecule has 7 heavy (non-hydrogen) atoms. The average molecular weight is 102 g/mol. The first kappa shape index (κ1) is 6.30. The van der Waals surface area contributed by atoms with Crippen LogP contribution in [0.1, 0.15) is 13.8 Å². The van der Waals surface area contributed by atoms with Crippen molar-refractivity contribution >= 4 is 0 Å². The van der Waals surface area contributed by atoms with Crippen molar-refractivity contribution < 1.29 is 4.84 Å². The molecule has 0 bridgehead atoms. The van der Waals surface area contributed by atoms with Crippen LogP contribution >= 0.6 is 0 Å². The molecular weight excluding hydrogens is 92.1 g/mol. The van der Waals surface area contributed by atoms with E-state index < -0.39 is 0 Å². The molecule has 0 heterocycles. The fraction of sp³-hybridized carbons (Fsp3) is 0.500. The minimum Gasteiger partial charge on any atom is -0.414 e. The van der Waals surface area contributed by atoms with Gasteiger partial charge in [-0.1, -0.05) is 0 Å². The van der Waals surface area contributed by atoms with E-state index in [9.17, 15) is 0 Å². The molecule has 0 saturated heterocycles. The van der Waals surface area contributed by atoms with Crippen LogP contribution in [0, 0.1) is 0 Å². The largest absolute Gasteiger partial charge is 0.414 e. The molecule has 0 spiro atoms. The fourth-order valence-electron chi connectivity index (χ4n) is 0.0929. The molecule has 3 heteroatoms. The van der Waals surface area contributed by atoms with E-state index in [0.717, 1.165) is 0 Å². The second kappa shape index (κ2) is 2.47. The molecule has 42 valence electrons. The van der Waals surface area contributed by atoms with E-state index in [2.05, 4.69) is 4.84 Å². The molecule has 0 aliphatic heterocycles. The second-order valence-corrected chi connectivity index (χ2v) is 1.36. The zero-order chi connectivity index (χ0) is 5.86. The lowest BCUT2D eigenvalue weighted by Crippen LogP contribution is -2.03. The molecule has 0 aromatic rings. The number of allylic oxidation sites excluding steroid dienone is 2. The summed E-state index contributed by atoms with van der Waals surface area (Å²) in [6.07, 6.45) is 0. The van der Waals surface area contributed by atoms with E-state index in [1.807, 2.05) is 0 Å². The Bertz CT molecular complexity index is 83.7. The van der Waals surface area contributed by atoms with Crippen molar-refractivity contribution in [3.05, 3.63) is 11.5 Å². The Morgan fingerprint density at radius 3 is 1.86 bits per heavy atom. The highest BCUT2D eigenvalue weighted by atomic mass is 16.6. The Balaban J connectivity index is 3.72. The molecule has 0 aromatic carbocycles. The highest BCUT2D eigenvalue weighted by Crippen LogP contribution is 1.92. The van der Waals surface area contributed by atoms with Gasteiger partial charge >= 0.3 is 0 Å². The van der Waals surface area contributed by atoms with Crippen molar-refractivity contribution in [2.75, 3.05) is 0 Å². The van der Waals surface area contributed by atoms with Gasteiger partial charge < -0.3 is 10.6 Å². The van der Waals surface area contributed by atoms with Crippen molar-refractivity contribution in [1.29, 1.82) is 0 Å². The molecule has 0 unspecified atom stereocenters. The SMILES string of the molecule is C/C(N)=C(\C)ON. The maximum atomic E-state index is 5.22. The van der Waals surface area contributed by atoms with E-state index in [4.69, 9.17) is 11.6 Å². The highest BCUT2D eigenvalue weighted by molar-refractivity contribution is 4.96. The van der Waals surface area contributed by atoms with Crippen LogP contribution in [0.4, 0.5) is 0 Å². The van der Waals surface area contributed by atoms with Crippen molar-refractivity contribution in [1.82, 2.24) is 0 Å². The van der Waals surface area contributed by atoms with Gasteiger partial charge in [0.15, 0.2) is 0 Å². The summed E-state index contributed by atoms with van der Waals surface area (Å²) in [7, 11) is 0. The number of rotatable bonds is 1. The van der Waals surface area contributed by atoms with Gasteiger partial charge in [-0.05, 0) is 13.8 Å². The maximum absolute atomic E-state index is 5.22. The van der Waals surface area contributed by atoms with Gasteiger partial charge in [0.1, 0.15) is 5.76 Å². The quantitative estimate of drug-likeness (QED) is 0.364. The first-order valence-electron chi connectivity index (χ1n) is 1.98. The van der Waals surface area contributed by atoms with E-state index in [0.29, 0.717) is 11.5 Å². The van der Waals surface area contributed by atoms with Crippen LogP contribution in [0.15, 0.2) is 11.5 Å². The van der Waals surface area contributed by atoms with Crippen LogP contribution < -0.4 is 11.6 Å². The lowest BCUT2D eigenvalue weighted by Gasteiger charge is -1.96. The van der Waals surface area contributed by atoms with E-state index >= 15 is 0 Å². The molecular formula is C4H10N2O. The van der Waals surface area contributed by atoms with Crippen LogP contribution in [0.2, 0.25) is 0 Å². The van der Waals surface area contributed by atoms with E-state index in [-0.39, 0.29) is 0 Å². The van der Waals surface area contributed by atoms with Gasteiger partial charge in [-0.15, -0.1) is 0 Å². The third kappa shape index (κ3) is 2.05. The van der Waals surface area contributed by atoms with Gasteiger partial charge in [-0.25, -0.2) is 0 Å². The molecule has 0 atom stereocenters. The summed E-state index contributed by atoms with van der Waals surface area (Å²) >= 11 is 0. The van der Waals surface area contributed by atoms with Crippen LogP contribution in [0.25, 0.3) is 0 Å². The molecule has 0 aromatic heterocycles. The van der Waals surface area contributed by atoms with Crippen LogP contribution in [-0.4, -0.2) is 0 Å².